The Kier molecular flexibility index (Phi) is 5.84. The van der Waals surface area contributed by atoms with Gasteiger partial charge in [-0.2, -0.15) is 13.2 Å². The van der Waals surface area contributed by atoms with Crippen LogP contribution in [-0.4, -0.2) is 17.4 Å². The largest absolute Gasteiger partial charge is 0.459 e. The molecule has 1 aromatic carbocycles. The first-order valence-corrected chi connectivity index (χ1v) is 9.88. The van der Waals surface area contributed by atoms with Gasteiger partial charge in [-0.3, -0.25) is 4.79 Å². The van der Waals surface area contributed by atoms with Gasteiger partial charge in [0.15, 0.2) is 10.8 Å². The van der Waals surface area contributed by atoms with E-state index < -0.39 is 17.2 Å². The summed E-state index contributed by atoms with van der Waals surface area (Å²) < 4.78 is 44.4. The molecule has 0 atom stereocenters. The molecule has 2 aromatic heterocycles. The number of rotatable bonds is 6. The predicted octanol–water partition coefficient (Wildman–Crippen LogP) is 5.37. The third-order valence-corrected chi connectivity index (χ3v) is 5.45. The number of carbonyl (C=O) groups excluding carboxylic acids is 1. The molecule has 0 aliphatic carbocycles. The van der Waals surface area contributed by atoms with E-state index in [1.54, 1.807) is 25.3 Å². The van der Waals surface area contributed by atoms with Crippen LogP contribution in [0.15, 0.2) is 46.2 Å². The fourth-order valence-corrected chi connectivity index (χ4v) is 3.60. The molecule has 154 valence electrons. The summed E-state index contributed by atoms with van der Waals surface area (Å²) in [6.07, 6.45) is -4.31. The predicted molar refractivity (Wildman–Crippen MR) is 106 cm³/mol. The molecule has 2 heterocycles. The van der Waals surface area contributed by atoms with Crippen molar-refractivity contribution in [2.45, 2.75) is 38.8 Å². The molecule has 0 aliphatic heterocycles. The summed E-state index contributed by atoms with van der Waals surface area (Å²) in [4.78, 5) is 16.7. The molecule has 8 heteroatoms. The van der Waals surface area contributed by atoms with Crippen molar-refractivity contribution in [3.63, 3.8) is 0 Å². The lowest BCUT2D eigenvalue weighted by Crippen LogP contribution is -2.37. The maximum atomic E-state index is 13.0. The van der Waals surface area contributed by atoms with Gasteiger partial charge in [0.1, 0.15) is 5.76 Å². The molecule has 1 amide bonds. The zero-order valence-electron chi connectivity index (χ0n) is 16.3. The Morgan fingerprint density at radius 3 is 2.55 bits per heavy atom. The average molecular weight is 422 g/mol. The number of hydrogen-bond acceptors (Lipinski definition) is 4. The van der Waals surface area contributed by atoms with Gasteiger partial charge in [0.25, 0.3) is 0 Å². The van der Waals surface area contributed by atoms with Gasteiger partial charge in [-0.25, -0.2) is 4.98 Å². The first kappa shape index (κ1) is 21.1. The molecule has 3 rings (SSSR count). The van der Waals surface area contributed by atoms with E-state index in [1.165, 1.54) is 17.4 Å². The van der Waals surface area contributed by atoms with Gasteiger partial charge in [-0.15, -0.1) is 11.3 Å². The molecule has 3 aromatic rings. The van der Waals surface area contributed by atoms with Gasteiger partial charge in [-0.1, -0.05) is 32.0 Å². The molecule has 0 saturated carbocycles. The van der Waals surface area contributed by atoms with Crippen molar-refractivity contribution in [3.05, 3.63) is 64.4 Å². The van der Waals surface area contributed by atoms with Crippen molar-refractivity contribution in [1.29, 1.82) is 0 Å². The molecule has 0 bridgehead atoms. The van der Waals surface area contributed by atoms with Crippen molar-refractivity contribution in [1.82, 2.24) is 10.3 Å². The standard InChI is InChI=1S/C21H21F3N2O2S/c1-13-7-8-17(28-13)19-26-16(11-29-19)10-18(27)25-12-20(2,3)14-5-4-6-15(9-14)21(22,23)24/h4-9,11H,10,12H2,1-3H3,(H,25,27). The van der Waals surface area contributed by atoms with Crippen LogP contribution < -0.4 is 5.32 Å². The minimum absolute atomic E-state index is 0.0921. The number of amides is 1. The molecule has 0 aliphatic rings. The topological polar surface area (TPSA) is 55.1 Å². The Morgan fingerprint density at radius 1 is 1.17 bits per heavy atom. The summed E-state index contributed by atoms with van der Waals surface area (Å²) in [5.74, 6) is 1.20. The lowest BCUT2D eigenvalue weighted by molar-refractivity contribution is -0.137. The van der Waals surface area contributed by atoms with Gasteiger partial charge in [0.05, 0.1) is 17.7 Å². The molecule has 0 unspecified atom stereocenters. The van der Waals surface area contributed by atoms with Gasteiger partial charge in [0, 0.05) is 17.3 Å². The van der Waals surface area contributed by atoms with E-state index in [0.29, 0.717) is 22.0 Å². The summed E-state index contributed by atoms with van der Waals surface area (Å²) >= 11 is 1.39. The van der Waals surface area contributed by atoms with E-state index in [0.717, 1.165) is 17.9 Å². The maximum absolute atomic E-state index is 13.0. The summed E-state index contributed by atoms with van der Waals surface area (Å²) in [5.41, 5.74) is -0.224. The summed E-state index contributed by atoms with van der Waals surface area (Å²) in [6.45, 7) is 5.64. The Labute approximate surface area is 170 Å². The molecule has 1 N–H and O–H groups in total. The number of carbonyl (C=O) groups is 1. The first-order chi connectivity index (χ1) is 13.5. The van der Waals surface area contributed by atoms with Gasteiger partial charge in [0.2, 0.25) is 5.91 Å². The number of furan rings is 1. The Hall–Kier alpha value is -2.61. The molecule has 0 fully saturated rings. The van der Waals surface area contributed by atoms with Crippen LogP contribution in [0.25, 0.3) is 10.8 Å². The summed E-state index contributed by atoms with van der Waals surface area (Å²) in [6, 6.07) is 8.87. The minimum Gasteiger partial charge on any atom is -0.459 e. The third-order valence-electron chi connectivity index (χ3n) is 4.54. The van der Waals surface area contributed by atoms with Gasteiger partial charge < -0.3 is 9.73 Å². The van der Waals surface area contributed by atoms with Gasteiger partial charge >= 0.3 is 6.18 Å². The SMILES string of the molecule is Cc1ccc(-c2nc(CC(=O)NCC(C)(C)c3cccc(C(F)(F)F)c3)cs2)o1. The van der Waals surface area contributed by atoms with E-state index in [9.17, 15) is 18.0 Å². The molecule has 0 saturated heterocycles. The first-order valence-electron chi connectivity index (χ1n) is 9.00. The number of thiazole rings is 1. The van der Waals surface area contributed by atoms with Crippen LogP contribution in [0.5, 0.6) is 0 Å². The van der Waals surface area contributed by atoms with E-state index >= 15 is 0 Å². The number of hydrogen-bond donors (Lipinski definition) is 1. The van der Waals surface area contributed by atoms with Crippen molar-refractivity contribution < 1.29 is 22.4 Å². The monoisotopic (exact) mass is 422 g/mol. The highest BCUT2D eigenvalue weighted by atomic mass is 32.1. The normalized spacial score (nSPS) is 12.2. The second kappa shape index (κ2) is 8.02. The van der Waals surface area contributed by atoms with Crippen molar-refractivity contribution in [2.24, 2.45) is 0 Å². The number of aromatic nitrogens is 1. The number of halogens is 3. The van der Waals surface area contributed by atoms with Crippen LogP contribution in [0, 0.1) is 6.92 Å². The molecule has 0 spiro atoms. The average Bonchev–Trinajstić information content (AvgIpc) is 3.28. The van der Waals surface area contributed by atoms with Crippen LogP contribution >= 0.6 is 11.3 Å². The highest BCUT2D eigenvalue weighted by Crippen LogP contribution is 2.32. The number of alkyl halides is 3. The van der Waals surface area contributed by atoms with Crippen LogP contribution in [0.3, 0.4) is 0 Å². The zero-order valence-corrected chi connectivity index (χ0v) is 17.1. The second-order valence-corrected chi connectivity index (χ2v) is 8.33. The fraction of sp³-hybridized carbons (Fsp3) is 0.333. The highest BCUT2D eigenvalue weighted by Gasteiger charge is 2.32. The molecule has 4 nitrogen and oxygen atoms in total. The lowest BCUT2D eigenvalue weighted by atomic mass is 9.83. The van der Waals surface area contributed by atoms with E-state index in [4.69, 9.17) is 4.42 Å². The highest BCUT2D eigenvalue weighted by molar-refractivity contribution is 7.13. The Balaban J connectivity index is 1.61. The zero-order chi connectivity index (χ0) is 21.2. The Bertz CT molecular complexity index is 1010. The molecular weight excluding hydrogens is 401 g/mol. The second-order valence-electron chi connectivity index (χ2n) is 7.47. The third kappa shape index (κ3) is 5.26. The van der Waals surface area contributed by atoms with Crippen LogP contribution in [-0.2, 0) is 22.8 Å². The lowest BCUT2D eigenvalue weighted by Gasteiger charge is -2.26. The number of benzene rings is 1. The van der Waals surface area contributed by atoms with E-state index in [2.05, 4.69) is 10.3 Å². The molecular formula is C21H21F3N2O2S. The fourth-order valence-electron chi connectivity index (χ4n) is 2.82. The van der Waals surface area contributed by atoms with E-state index in [1.807, 2.05) is 19.1 Å². The summed E-state index contributed by atoms with van der Waals surface area (Å²) in [5, 5.41) is 5.30. The number of nitrogens with one attached hydrogen (secondary N) is 1. The number of aryl methyl sites for hydroxylation is 1. The minimum atomic E-state index is -4.40. The van der Waals surface area contributed by atoms with Crippen molar-refractivity contribution in [3.8, 4) is 10.8 Å². The molecule has 29 heavy (non-hydrogen) atoms. The smallest absolute Gasteiger partial charge is 0.416 e. The van der Waals surface area contributed by atoms with E-state index in [-0.39, 0.29) is 18.9 Å². The van der Waals surface area contributed by atoms with Gasteiger partial charge in [-0.05, 0) is 30.7 Å². The van der Waals surface area contributed by atoms with Crippen LogP contribution in [0.1, 0.15) is 36.4 Å². The van der Waals surface area contributed by atoms with Crippen molar-refractivity contribution in [2.75, 3.05) is 6.54 Å². The quantitative estimate of drug-likeness (QED) is 0.581. The van der Waals surface area contributed by atoms with Crippen molar-refractivity contribution >= 4 is 17.2 Å². The van der Waals surface area contributed by atoms with Crippen LogP contribution in [0.2, 0.25) is 0 Å². The number of nitrogens with zero attached hydrogens (tertiary/aromatic N) is 1. The summed E-state index contributed by atoms with van der Waals surface area (Å²) in [7, 11) is 0. The van der Waals surface area contributed by atoms with Crippen LogP contribution in [0.4, 0.5) is 13.2 Å². The Morgan fingerprint density at radius 2 is 1.90 bits per heavy atom. The maximum Gasteiger partial charge on any atom is 0.416 e. The molecule has 0 radical (unpaired) electrons.